The topological polar surface area (TPSA) is 78.8 Å². The SMILES string of the molecule is COCC(C)NCC(C)(O)C(=O)O. The van der Waals surface area contributed by atoms with Crippen LogP contribution in [0.15, 0.2) is 0 Å². The minimum absolute atomic E-state index is 0.00681. The number of rotatable bonds is 6. The second-order valence-corrected chi connectivity index (χ2v) is 3.32. The fourth-order valence-corrected chi connectivity index (χ4v) is 0.758. The summed E-state index contributed by atoms with van der Waals surface area (Å²) in [5, 5.41) is 20.7. The van der Waals surface area contributed by atoms with Crippen LogP contribution in [0.25, 0.3) is 0 Å². The summed E-state index contributed by atoms with van der Waals surface area (Å²) in [7, 11) is 1.56. The fraction of sp³-hybridized carbons (Fsp3) is 0.875. The maximum atomic E-state index is 10.5. The van der Waals surface area contributed by atoms with Crippen molar-refractivity contribution < 1.29 is 19.7 Å². The molecule has 0 radical (unpaired) electrons. The molecular formula is C8H17NO4. The Kier molecular flexibility index (Phi) is 4.90. The number of carboxylic acid groups (broad SMARTS) is 1. The van der Waals surface area contributed by atoms with Crippen molar-refractivity contribution in [3.63, 3.8) is 0 Å². The van der Waals surface area contributed by atoms with Crippen molar-refractivity contribution in [2.45, 2.75) is 25.5 Å². The number of nitrogens with one attached hydrogen (secondary N) is 1. The van der Waals surface area contributed by atoms with Crippen molar-refractivity contribution in [1.82, 2.24) is 5.32 Å². The molecule has 0 saturated carbocycles. The molecule has 5 nitrogen and oxygen atoms in total. The number of carbonyl (C=O) groups is 1. The molecule has 2 unspecified atom stereocenters. The van der Waals surface area contributed by atoms with Crippen LogP contribution < -0.4 is 5.32 Å². The Hall–Kier alpha value is -0.650. The van der Waals surface area contributed by atoms with Gasteiger partial charge in [-0.1, -0.05) is 0 Å². The van der Waals surface area contributed by atoms with Gasteiger partial charge in [-0.05, 0) is 13.8 Å². The summed E-state index contributed by atoms with van der Waals surface area (Å²) < 4.78 is 4.84. The van der Waals surface area contributed by atoms with E-state index in [-0.39, 0.29) is 12.6 Å². The molecule has 0 aromatic rings. The molecule has 0 aliphatic rings. The van der Waals surface area contributed by atoms with Crippen LogP contribution in [0.5, 0.6) is 0 Å². The van der Waals surface area contributed by atoms with Gasteiger partial charge in [0.15, 0.2) is 5.60 Å². The number of aliphatic hydroxyl groups is 1. The average Bonchev–Trinajstić information content (AvgIpc) is 2.01. The predicted octanol–water partition coefficient (Wildman–Crippen LogP) is -0.553. The van der Waals surface area contributed by atoms with Gasteiger partial charge < -0.3 is 20.3 Å². The van der Waals surface area contributed by atoms with Crippen molar-refractivity contribution in [1.29, 1.82) is 0 Å². The molecule has 3 N–H and O–H groups in total. The first-order chi connectivity index (χ1) is 5.90. The van der Waals surface area contributed by atoms with Gasteiger partial charge in [-0.25, -0.2) is 4.79 Å². The number of methoxy groups -OCH3 is 1. The van der Waals surface area contributed by atoms with Crippen molar-refractivity contribution in [2.24, 2.45) is 0 Å². The summed E-state index contributed by atoms with van der Waals surface area (Å²) >= 11 is 0. The molecule has 0 aliphatic carbocycles. The zero-order valence-electron chi connectivity index (χ0n) is 8.20. The molecule has 13 heavy (non-hydrogen) atoms. The highest BCUT2D eigenvalue weighted by atomic mass is 16.5. The van der Waals surface area contributed by atoms with Gasteiger partial charge in [-0.3, -0.25) is 0 Å². The van der Waals surface area contributed by atoms with Crippen molar-refractivity contribution in [3.05, 3.63) is 0 Å². The molecule has 0 amide bonds. The zero-order valence-corrected chi connectivity index (χ0v) is 8.20. The monoisotopic (exact) mass is 191 g/mol. The highest BCUT2D eigenvalue weighted by molar-refractivity contribution is 5.76. The van der Waals surface area contributed by atoms with E-state index in [9.17, 15) is 9.90 Å². The lowest BCUT2D eigenvalue weighted by Gasteiger charge is -2.21. The molecular weight excluding hydrogens is 174 g/mol. The molecule has 5 heteroatoms. The van der Waals surface area contributed by atoms with E-state index in [0.717, 1.165) is 0 Å². The molecule has 78 valence electrons. The summed E-state index contributed by atoms with van der Waals surface area (Å²) in [5.74, 6) is -1.23. The van der Waals surface area contributed by atoms with Crippen LogP contribution >= 0.6 is 0 Å². The van der Waals surface area contributed by atoms with E-state index < -0.39 is 11.6 Å². The number of hydrogen-bond acceptors (Lipinski definition) is 4. The van der Waals surface area contributed by atoms with Gasteiger partial charge in [0.2, 0.25) is 0 Å². The standard InChI is InChI=1S/C8H17NO4/c1-6(4-13-3)9-5-8(2,12)7(10)11/h6,9,12H,4-5H2,1-3H3,(H,10,11). The number of aliphatic carboxylic acids is 1. The Morgan fingerprint density at radius 1 is 1.69 bits per heavy atom. The summed E-state index contributed by atoms with van der Waals surface area (Å²) in [5.41, 5.74) is -1.72. The predicted molar refractivity (Wildman–Crippen MR) is 47.6 cm³/mol. The van der Waals surface area contributed by atoms with Gasteiger partial charge in [-0.2, -0.15) is 0 Å². The van der Waals surface area contributed by atoms with Gasteiger partial charge in [0.25, 0.3) is 0 Å². The average molecular weight is 191 g/mol. The molecule has 0 aromatic carbocycles. The van der Waals surface area contributed by atoms with E-state index in [1.54, 1.807) is 7.11 Å². The number of carboxylic acids is 1. The first kappa shape index (κ1) is 12.3. The maximum Gasteiger partial charge on any atom is 0.336 e. The summed E-state index contributed by atoms with van der Waals surface area (Å²) in [6.45, 7) is 3.59. The van der Waals surface area contributed by atoms with Gasteiger partial charge in [0.05, 0.1) is 6.61 Å². The Morgan fingerprint density at radius 2 is 2.23 bits per heavy atom. The van der Waals surface area contributed by atoms with E-state index in [4.69, 9.17) is 9.84 Å². The quantitative estimate of drug-likeness (QED) is 0.525. The third kappa shape index (κ3) is 4.82. The molecule has 0 aliphatic heterocycles. The van der Waals surface area contributed by atoms with Gasteiger partial charge in [0, 0.05) is 19.7 Å². The van der Waals surface area contributed by atoms with Gasteiger partial charge >= 0.3 is 5.97 Å². The van der Waals surface area contributed by atoms with Crippen LogP contribution in [0.4, 0.5) is 0 Å². The van der Waals surface area contributed by atoms with Crippen molar-refractivity contribution in [2.75, 3.05) is 20.3 Å². The lowest BCUT2D eigenvalue weighted by atomic mass is 10.1. The van der Waals surface area contributed by atoms with Gasteiger partial charge in [0.1, 0.15) is 0 Å². The van der Waals surface area contributed by atoms with Crippen LogP contribution in [-0.4, -0.2) is 48.1 Å². The van der Waals surface area contributed by atoms with Gasteiger partial charge in [-0.15, -0.1) is 0 Å². The molecule has 0 heterocycles. The van der Waals surface area contributed by atoms with E-state index in [1.807, 2.05) is 6.92 Å². The molecule has 0 bridgehead atoms. The second-order valence-electron chi connectivity index (χ2n) is 3.32. The minimum Gasteiger partial charge on any atom is -0.479 e. The molecule has 0 saturated heterocycles. The lowest BCUT2D eigenvalue weighted by molar-refractivity contribution is -0.156. The highest BCUT2D eigenvalue weighted by Gasteiger charge is 2.29. The van der Waals surface area contributed by atoms with Crippen LogP contribution in [0.3, 0.4) is 0 Å². The van der Waals surface area contributed by atoms with Crippen LogP contribution in [0.2, 0.25) is 0 Å². The normalized spacial score (nSPS) is 17.8. The molecule has 2 atom stereocenters. The third-order valence-corrected chi connectivity index (χ3v) is 1.67. The van der Waals surface area contributed by atoms with Crippen LogP contribution in [0.1, 0.15) is 13.8 Å². The fourth-order valence-electron chi connectivity index (χ4n) is 0.758. The Labute approximate surface area is 77.7 Å². The van der Waals surface area contributed by atoms with Crippen molar-refractivity contribution in [3.8, 4) is 0 Å². The van der Waals surface area contributed by atoms with E-state index in [2.05, 4.69) is 5.32 Å². The van der Waals surface area contributed by atoms with Crippen LogP contribution in [-0.2, 0) is 9.53 Å². The highest BCUT2D eigenvalue weighted by Crippen LogP contribution is 2.01. The largest absolute Gasteiger partial charge is 0.479 e. The van der Waals surface area contributed by atoms with E-state index in [0.29, 0.717) is 6.61 Å². The van der Waals surface area contributed by atoms with E-state index >= 15 is 0 Å². The molecule has 0 rings (SSSR count). The Balaban J connectivity index is 3.80. The molecule has 0 aromatic heterocycles. The van der Waals surface area contributed by atoms with Crippen LogP contribution in [0, 0.1) is 0 Å². The first-order valence-electron chi connectivity index (χ1n) is 4.08. The summed E-state index contributed by atoms with van der Waals surface area (Å²) in [6, 6.07) is 0.0239. The first-order valence-corrected chi connectivity index (χ1v) is 4.08. The maximum absolute atomic E-state index is 10.5. The second kappa shape index (κ2) is 5.16. The zero-order chi connectivity index (χ0) is 10.5. The molecule has 0 fully saturated rings. The van der Waals surface area contributed by atoms with E-state index in [1.165, 1.54) is 6.92 Å². The minimum atomic E-state index is -1.72. The number of ether oxygens (including phenoxy) is 1. The third-order valence-electron chi connectivity index (χ3n) is 1.67. The Morgan fingerprint density at radius 3 is 2.62 bits per heavy atom. The Bertz CT molecular complexity index is 170. The smallest absolute Gasteiger partial charge is 0.336 e. The summed E-state index contributed by atoms with van der Waals surface area (Å²) in [6.07, 6.45) is 0. The van der Waals surface area contributed by atoms with Crippen molar-refractivity contribution >= 4 is 5.97 Å². The number of hydrogen-bond donors (Lipinski definition) is 3. The molecule has 0 spiro atoms. The summed E-state index contributed by atoms with van der Waals surface area (Å²) in [4.78, 5) is 10.5. The lowest BCUT2D eigenvalue weighted by Crippen LogP contribution is -2.48.